The number of hydrogen-bond acceptors (Lipinski definition) is 4. The molecular weight excluding hydrogens is 282 g/mol. The predicted octanol–water partition coefficient (Wildman–Crippen LogP) is 1.33. The fourth-order valence-electron chi connectivity index (χ4n) is 2.46. The van der Waals surface area contributed by atoms with Crippen LogP contribution in [0, 0.1) is 11.3 Å². The molecule has 0 radical (unpaired) electrons. The Balaban J connectivity index is 1.83. The summed E-state index contributed by atoms with van der Waals surface area (Å²) in [6.07, 6.45) is 1.33. The minimum atomic E-state index is -0.137. The quantitative estimate of drug-likeness (QED) is 0.909. The van der Waals surface area contributed by atoms with Crippen molar-refractivity contribution in [1.82, 2.24) is 10.2 Å². The average molecular weight is 301 g/mol. The molecule has 1 saturated heterocycles. The topological polar surface area (TPSA) is 82.4 Å². The molecule has 0 saturated carbocycles. The van der Waals surface area contributed by atoms with E-state index in [4.69, 9.17) is 10.00 Å². The monoisotopic (exact) mass is 301 g/mol. The van der Waals surface area contributed by atoms with Gasteiger partial charge in [0, 0.05) is 24.7 Å². The van der Waals surface area contributed by atoms with Crippen molar-refractivity contribution < 1.29 is 14.3 Å². The van der Waals surface area contributed by atoms with Gasteiger partial charge in [-0.1, -0.05) is 0 Å². The van der Waals surface area contributed by atoms with Gasteiger partial charge in [0.1, 0.15) is 12.2 Å². The number of hydrogen-bond donors (Lipinski definition) is 1. The standard InChI is InChI=1S/C16H19N3O3/c1-22-14-4-2-12(3-5-14)16(21)18-13-7-10-19(11-8-13)15(20)6-9-17/h2-5,13H,6-8,10-11H2,1H3,(H,18,21). The number of methoxy groups -OCH3 is 1. The molecule has 0 unspecified atom stereocenters. The molecule has 6 nitrogen and oxygen atoms in total. The molecule has 2 amide bonds. The molecule has 0 atom stereocenters. The smallest absolute Gasteiger partial charge is 0.251 e. The van der Waals surface area contributed by atoms with Crippen LogP contribution in [0.5, 0.6) is 5.75 Å². The van der Waals surface area contributed by atoms with E-state index in [2.05, 4.69) is 5.32 Å². The molecule has 116 valence electrons. The van der Waals surface area contributed by atoms with Gasteiger partial charge in [0.2, 0.25) is 5.91 Å². The lowest BCUT2D eigenvalue weighted by Gasteiger charge is -2.32. The molecule has 2 rings (SSSR count). The summed E-state index contributed by atoms with van der Waals surface area (Å²) in [5.41, 5.74) is 0.587. The van der Waals surface area contributed by atoms with Gasteiger partial charge in [-0.15, -0.1) is 0 Å². The summed E-state index contributed by atoms with van der Waals surface area (Å²) in [6.45, 7) is 1.15. The Bertz CT molecular complexity index is 569. The fraction of sp³-hybridized carbons (Fsp3) is 0.438. The van der Waals surface area contributed by atoms with Gasteiger partial charge in [0.15, 0.2) is 0 Å². The first-order chi connectivity index (χ1) is 10.6. The van der Waals surface area contributed by atoms with Gasteiger partial charge in [0.05, 0.1) is 13.2 Å². The molecule has 1 heterocycles. The fourth-order valence-corrected chi connectivity index (χ4v) is 2.46. The molecule has 1 fully saturated rings. The van der Waals surface area contributed by atoms with E-state index >= 15 is 0 Å². The van der Waals surface area contributed by atoms with Crippen molar-refractivity contribution in [2.75, 3.05) is 20.2 Å². The van der Waals surface area contributed by atoms with E-state index in [0.29, 0.717) is 37.2 Å². The minimum Gasteiger partial charge on any atom is -0.497 e. The number of ether oxygens (including phenoxy) is 1. The average Bonchev–Trinajstić information content (AvgIpc) is 2.55. The van der Waals surface area contributed by atoms with Crippen LogP contribution in [0.3, 0.4) is 0 Å². The Morgan fingerprint density at radius 2 is 1.95 bits per heavy atom. The van der Waals surface area contributed by atoms with Crippen LogP contribution in [0.25, 0.3) is 0 Å². The third-order valence-corrected chi connectivity index (χ3v) is 3.77. The summed E-state index contributed by atoms with van der Waals surface area (Å²) in [6, 6.07) is 8.86. The number of piperidine rings is 1. The number of benzene rings is 1. The van der Waals surface area contributed by atoms with Gasteiger partial charge >= 0.3 is 0 Å². The normalized spacial score (nSPS) is 15.0. The first-order valence-electron chi connectivity index (χ1n) is 7.23. The van der Waals surface area contributed by atoms with Crippen molar-refractivity contribution >= 4 is 11.8 Å². The summed E-state index contributed by atoms with van der Waals surface area (Å²) in [5, 5.41) is 11.5. The van der Waals surface area contributed by atoms with Crippen molar-refractivity contribution in [3.8, 4) is 11.8 Å². The Morgan fingerprint density at radius 1 is 1.32 bits per heavy atom. The second-order valence-electron chi connectivity index (χ2n) is 5.19. The molecule has 0 aromatic heterocycles. The van der Waals surface area contributed by atoms with Gasteiger partial charge in [0.25, 0.3) is 5.91 Å². The highest BCUT2D eigenvalue weighted by molar-refractivity contribution is 5.94. The van der Waals surface area contributed by atoms with Gasteiger partial charge in [-0.3, -0.25) is 9.59 Å². The zero-order valence-electron chi connectivity index (χ0n) is 12.5. The van der Waals surface area contributed by atoms with Gasteiger partial charge in [-0.05, 0) is 37.1 Å². The van der Waals surface area contributed by atoms with Gasteiger partial charge in [-0.2, -0.15) is 5.26 Å². The highest BCUT2D eigenvalue weighted by Gasteiger charge is 2.23. The second-order valence-corrected chi connectivity index (χ2v) is 5.19. The van der Waals surface area contributed by atoms with E-state index in [-0.39, 0.29) is 24.3 Å². The Kier molecular flexibility index (Phi) is 5.37. The minimum absolute atomic E-state index is 0.0562. The molecule has 22 heavy (non-hydrogen) atoms. The molecule has 0 spiro atoms. The van der Waals surface area contributed by atoms with Gasteiger partial charge in [-0.25, -0.2) is 0 Å². The molecule has 0 aliphatic carbocycles. The lowest BCUT2D eigenvalue weighted by Crippen LogP contribution is -2.46. The highest BCUT2D eigenvalue weighted by atomic mass is 16.5. The number of carbonyl (C=O) groups excluding carboxylic acids is 2. The summed E-state index contributed by atoms with van der Waals surface area (Å²) in [7, 11) is 1.58. The lowest BCUT2D eigenvalue weighted by atomic mass is 10.0. The number of nitrogens with zero attached hydrogens (tertiary/aromatic N) is 2. The van der Waals surface area contributed by atoms with Crippen LogP contribution in [-0.4, -0.2) is 43.0 Å². The molecule has 1 aliphatic heterocycles. The van der Waals surface area contributed by atoms with Crippen molar-refractivity contribution in [2.24, 2.45) is 0 Å². The van der Waals surface area contributed by atoms with Crippen LogP contribution in [0.4, 0.5) is 0 Å². The maximum absolute atomic E-state index is 12.2. The SMILES string of the molecule is COc1ccc(C(=O)NC2CCN(C(=O)CC#N)CC2)cc1. The van der Waals surface area contributed by atoms with Crippen molar-refractivity contribution in [1.29, 1.82) is 5.26 Å². The highest BCUT2D eigenvalue weighted by Crippen LogP contribution is 2.14. The van der Waals surface area contributed by atoms with E-state index in [9.17, 15) is 9.59 Å². The van der Waals surface area contributed by atoms with E-state index in [0.717, 1.165) is 0 Å². The summed E-state index contributed by atoms with van der Waals surface area (Å²) in [5.74, 6) is 0.452. The van der Waals surface area contributed by atoms with Crippen molar-refractivity contribution in [2.45, 2.75) is 25.3 Å². The Morgan fingerprint density at radius 3 is 2.50 bits per heavy atom. The molecule has 0 bridgehead atoms. The van der Waals surface area contributed by atoms with E-state index in [1.165, 1.54) is 0 Å². The Labute approximate surface area is 129 Å². The lowest BCUT2D eigenvalue weighted by molar-refractivity contribution is -0.131. The summed E-state index contributed by atoms with van der Waals surface area (Å²) in [4.78, 5) is 25.4. The van der Waals surface area contributed by atoms with E-state index in [1.54, 1.807) is 36.3 Å². The molecule has 1 aliphatic rings. The largest absolute Gasteiger partial charge is 0.497 e. The number of amides is 2. The predicted molar refractivity (Wildman–Crippen MR) is 80.3 cm³/mol. The first-order valence-corrected chi connectivity index (χ1v) is 7.23. The van der Waals surface area contributed by atoms with Crippen LogP contribution in [0.15, 0.2) is 24.3 Å². The first kappa shape index (κ1) is 15.8. The summed E-state index contributed by atoms with van der Waals surface area (Å²) >= 11 is 0. The summed E-state index contributed by atoms with van der Waals surface area (Å²) < 4.78 is 5.06. The van der Waals surface area contributed by atoms with Crippen LogP contribution >= 0.6 is 0 Å². The van der Waals surface area contributed by atoms with Crippen molar-refractivity contribution in [3.63, 3.8) is 0 Å². The number of carbonyl (C=O) groups is 2. The number of likely N-dealkylation sites (tertiary alicyclic amines) is 1. The van der Waals surface area contributed by atoms with Crippen LogP contribution in [-0.2, 0) is 4.79 Å². The number of nitriles is 1. The van der Waals surface area contributed by atoms with Crippen LogP contribution in [0.1, 0.15) is 29.6 Å². The maximum atomic E-state index is 12.2. The van der Waals surface area contributed by atoms with Crippen LogP contribution in [0.2, 0.25) is 0 Å². The zero-order valence-corrected chi connectivity index (χ0v) is 12.5. The third kappa shape index (κ3) is 3.98. The molecule has 1 N–H and O–H groups in total. The van der Waals surface area contributed by atoms with E-state index in [1.807, 2.05) is 6.07 Å². The van der Waals surface area contributed by atoms with Crippen molar-refractivity contribution in [3.05, 3.63) is 29.8 Å². The molecular formula is C16H19N3O3. The van der Waals surface area contributed by atoms with Crippen LogP contribution < -0.4 is 10.1 Å². The second kappa shape index (κ2) is 7.46. The molecule has 6 heteroatoms. The number of rotatable bonds is 4. The third-order valence-electron chi connectivity index (χ3n) is 3.77. The molecule has 1 aromatic rings. The van der Waals surface area contributed by atoms with E-state index < -0.39 is 0 Å². The number of nitrogens with one attached hydrogen (secondary N) is 1. The van der Waals surface area contributed by atoms with Gasteiger partial charge < -0.3 is 15.0 Å². The molecule has 1 aromatic carbocycles. The Hall–Kier alpha value is -2.55. The maximum Gasteiger partial charge on any atom is 0.251 e. The zero-order chi connectivity index (χ0) is 15.9.